The second kappa shape index (κ2) is 4.10. The summed E-state index contributed by atoms with van der Waals surface area (Å²) in [6.45, 7) is 4.13. The maximum Gasteiger partial charge on any atom is 0.0679 e. The minimum atomic E-state index is -0.0551. The van der Waals surface area contributed by atoms with E-state index >= 15 is 0 Å². The molecule has 0 atom stereocenters. The van der Waals surface area contributed by atoms with Crippen LogP contribution in [0, 0.1) is 6.92 Å². The molecule has 0 aromatic rings. The molecule has 1 aliphatic rings. The van der Waals surface area contributed by atoms with E-state index in [1.165, 1.54) is 32.1 Å². The first-order valence-corrected chi connectivity index (χ1v) is 4.67. The van der Waals surface area contributed by atoms with Crippen molar-refractivity contribution in [2.45, 2.75) is 50.5 Å². The molecule has 0 N–H and O–H groups in total. The minimum Gasteiger partial charge on any atom is -0.378 e. The van der Waals surface area contributed by atoms with Crippen LogP contribution in [-0.4, -0.2) is 12.7 Å². The average molecular weight is 155 g/mol. The molecule has 0 heterocycles. The molecule has 11 heavy (non-hydrogen) atoms. The summed E-state index contributed by atoms with van der Waals surface area (Å²) in [5.74, 6) is 0. The fourth-order valence-electron chi connectivity index (χ4n) is 1.75. The van der Waals surface area contributed by atoms with E-state index in [0.29, 0.717) is 0 Å². The summed E-state index contributed by atoms with van der Waals surface area (Å²) in [4.78, 5) is 0. The summed E-state index contributed by atoms with van der Waals surface area (Å²) >= 11 is 0. The highest BCUT2D eigenvalue weighted by molar-refractivity contribution is 4.84. The van der Waals surface area contributed by atoms with Crippen molar-refractivity contribution in [2.24, 2.45) is 0 Å². The van der Waals surface area contributed by atoms with Crippen LogP contribution in [0.2, 0.25) is 0 Å². The fraction of sp³-hybridized carbons (Fsp3) is 0.900. The van der Waals surface area contributed by atoms with Crippen LogP contribution in [0.25, 0.3) is 0 Å². The molecule has 0 bridgehead atoms. The van der Waals surface area contributed by atoms with Crippen molar-refractivity contribution in [3.05, 3.63) is 6.92 Å². The van der Waals surface area contributed by atoms with Crippen molar-refractivity contribution in [3.8, 4) is 0 Å². The van der Waals surface area contributed by atoms with Crippen molar-refractivity contribution >= 4 is 0 Å². The molecule has 65 valence electrons. The third-order valence-corrected chi connectivity index (χ3v) is 2.70. The van der Waals surface area contributed by atoms with Crippen LogP contribution < -0.4 is 0 Å². The van der Waals surface area contributed by atoms with Crippen LogP contribution in [0.3, 0.4) is 0 Å². The maximum absolute atomic E-state index is 5.40. The van der Waals surface area contributed by atoms with Gasteiger partial charge in [-0.25, -0.2) is 0 Å². The van der Waals surface area contributed by atoms with Gasteiger partial charge < -0.3 is 4.74 Å². The van der Waals surface area contributed by atoms with E-state index in [1.807, 2.05) is 0 Å². The van der Waals surface area contributed by atoms with Gasteiger partial charge in [0.2, 0.25) is 0 Å². The Labute approximate surface area is 70.1 Å². The highest BCUT2D eigenvalue weighted by Gasteiger charge is 2.23. The number of hydrogen-bond donors (Lipinski definition) is 0. The molecule has 0 aliphatic heterocycles. The third-order valence-electron chi connectivity index (χ3n) is 2.70. The lowest BCUT2D eigenvalue weighted by Crippen LogP contribution is -2.28. The van der Waals surface area contributed by atoms with Gasteiger partial charge in [-0.3, -0.25) is 0 Å². The quantitative estimate of drug-likeness (QED) is 0.565. The molecule has 0 amide bonds. The van der Waals surface area contributed by atoms with Crippen LogP contribution >= 0.6 is 0 Å². The van der Waals surface area contributed by atoms with Gasteiger partial charge in [-0.1, -0.05) is 32.1 Å². The van der Waals surface area contributed by atoms with Gasteiger partial charge >= 0.3 is 0 Å². The highest BCUT2D eigenvalue weighted by Crippen LogP contribution is 2.27. The Morgan fingerprint density at radius 3 is 1.91 bits per heavy atom. The van der Waals surface area contributed by atoms with Crippen LogP contribution in [0.5, 0.6) is 0 Å². The Morgan fingerprint density at radius 2 is 1.45 bits per heavy atom. The summed E-state index contributed by atoms with van der Waals surface area (Å²) in [7, 11) is 1.79. The van der Waals surface area contributed by atoms with Crippen molar-refractivity contribution in [3.63, 3.8) is 0 Å². The standard InChI is InChI=1S/C10H19O/c1-10(11-2)8-6-4-3-5-7-9-10/h1,3-9H2,2H3. The Balaban J connectivity index is 2.37. The average Bonchev–Trinajstić information content (AvgIpc) is 1.98. The first kappa shape index (κ1) is 9.05. The molecule has 0 aromatic carbocycles. The number of hydrogen-bond acceptors (Lipinski definition) is 1. The first-order chi connectivity index (χ1) is 5.27. The highest BCUT2D eigenvalue weighted by atomic mass is 16.5. The van der Waals surface area contributed by atoms with Gasteiger partial charge in [-0.05, 0) is 19.8 Å². The van der Waals surface area contributed by atoms with Crippen LogP contribution in [-0.2, 0) is 4.74 Å². The van der Waals surface area contributed by atoms with Gasteiger partial charge in [0.25, 0.3) is 0 Å². The maximum atomic E-state index is 5.40. The van der Waals surface area contributed by atoms with Gasteiger partial charge in [-0.2, -0.15) is 0 Å². The summed E-state index contributed by atoms with van der Waals surface area (Å²) in [5.41, 5.74) is -0.0551. The van der Waals surface area contributed by atoms with Gasteiger partial charge in [0.05, 0.1) is 5.60 Å². The minimum absolute atomic E-state index is 0.0551. The summed E-state index contributed by atoms with van der Waals surface area (Å²) in [6.07, 6.45) is 8.99. The predicted molar refractivity (Wildman–Crippen MR) is 47.4 cm³/mol. The van der Waals surface area contributed by atoms with Gasteiger partial charge in [0.15, 0.2) is 0 Å². The molecule has 1 radical (unpaired) electrons. The SMILES string of the molecule is [CH2]C1(OC)CCCCCCC1. The van der Waals surface area contributed by atoms with Gasteiger partial charge in [0, 0.05) is 7.11 Å². The van der Waals surface area contributed by atoms with E-state index in [4.69, 9.17) is 4.74 Å². The van der Waals surface area contributed by atoms with Crippen LogP contribution in [0.4, 0.5) is 0 Å². The summed E-state index contributed by atoms with van der Waals surface area (Å²) in [6, 6.07) is 0. The lowest BCUT2D eigenvalue weighted by molar-refractivity contribution is 0.00797. The normalized spacial score (nSPS) is 25.6. The zero-order valence-corrected chi connectivity index (χ0v) is 7.57. The Bertz CT molecular complexity index is 101. The van der Waals surface area contributed by atoms with Crippen molar-refractivity contribution in [1.82, 2.24) is 0 Å². The lowest BCUT2D eigenvalue weighted by atomic mass is 9.88. The molecule has 1 heteroatoms. The molecular formula is C10H19O. The lowest BCUT2D eigenvalue weighted by Gasteiger charge is -2.29. The van der Waals surface area contributed by atoms with Crippen molar-refractivity contribution in [1.29, 1.82) is 0 Å². The van der Waals surface area contributed by atoms with Gasteiger partial charge in [-0.15, -0.1) is 0 Å². The monoisotopic (exact) mass is 155 g/mol. The van der Waals surface area contributed by atoms with Crippen LogP contribution in [0.15, 0.2) is 0 Å². The fourth-order valence-corrected chi connectivity index (χ4v) is 1.75. The summed E-state index contributed by atoms with van der Waals surface area (Å²) in [5, 5.41) is 0. The Kier molecular flexibility index (Phi) is 3.38. The third kappa shape index (κ3) is 2.82. The second-order valence-electron chi connectivity index (χ2n) is 3.65. The Morgan fingerprint density at radius 1 is 1.00 bits per heavy atom. The van der Waals surface area contributed by atoms with Gasteiger partial charge in [0.1, 0.15) is 0 Å². The molecule has 1 aliphatic carbocycles. The van der Waals surface area contributed by atoms with E-state index in [-0.39, 0.29) is 5.60 Å². The van der Waals surface area contributed by atoms with Crippen molar-refractivity contribution in [2.75, 3.05) is 7.11 Å². The van der Waals surface area contributed by atoms with E-state index in [2.05, 4.69) is 6.92 Å². The molecule has 0 unspecified atom stereocenters. The zero-order chi connectivity index (χ0) is 8.16. The zero-order valence-electron chi connectivity index (χ0n) is 7.57. The smallest absolute Gasteiger partial charge is 0.0679 e. The summed E-state index contributed by atoms with van der Waals surface area (Å²) < 4.78 is 5.40. The molecule has 0 saturated heterocycles. The Hall–Kier alpha value is -0.0400. The first-order valence-electron chi connectivity index (χ1n) is 4.67. The van der Waals surface area contributed by atoms with Crippen molar-refractivity contribution < 1.29 is 4.74 Å². The van der Waals surface area contributed by atoms with E-state index in [0.717, 1.165) is 12.8 Å². The molecule has 1 saturated carbocycles. The van der Waals surface area contributed by atoms with E-state index in [1.54, 1.807) is 7.11 Å². The number of rotatable bonds is 1. The number of methoxy groups -OCH3 is 1. The topological polar surface area (TPSA) is 9.23 Å². The molecule has 0 aromatic heterocycles. The second-order valence-corrected chi connectivity index (χ2v) is 3.65. The van der Waals surface area contributed by atoms with E-state index in [9.17, 15) is 0 Å². The molecule has 1 nitrogen and oxygen atoms in total. The molecule has 1 rings (SSSR count). The predicted octanol–water partition coefficient (Wildman–Crippen LogP) is 2.95. The van der Waals surface area contributed by atoms with E-state index < -0.39 is 0 Å². The largest absolute Gasteiger partial charge is 0.378 e. The van der Waals surface area contributed by atoms with Crippen LogP contribution in [0.1, 0.15) is 44.9 Å². The number of ether oxygens (including phenoxy) is 1. The molecular weight excluding hydrogens is 136 g/mol. The molecule has 0 spiro atoms. The molecule has 1 fully saturated rings.